The summed E-state index contributed by atoms with van der Waals surface area (Å²) in [5.41, 5.74) is 0.655. The number of benzene rings is 2. The van der Waals surface area contributed by atoms with Crippen molar-refractivity contribution < 1.29 is 22.4 Å². The van der Waals surface area contributed by atoms with Crippen LogP contribution in [0.15, 0.2) is 42.5 Å². The molecule has 0 fully saturated rings. The molecule has 7 nitrogen and oxygen atoms in total. The highest BCUT2D eigenvalue weighted by Crippen LogP contribution is 2.30. The number of anilines is 1. The summed E-state index contributed by atoms with van der Waals surface area (Å²) in [4.78, 5) is 27.2. The fourth-order valence-electron chi connectivity index (χ4n) is 3.05. The maximum Gasteiger partial charge on any atom is 0.244 e. The molecule has 2 aromatic rings. The normalized spacial score (nSPS) is 12.4. The summed E-state index contributed by atoms with van der Waals surface area (Å²) >= 11 is 12.1. The first-order valence-electron chi connectivity index (χ1n) is 10.1. The van der Waals surface area contributed by atoms with Crippen molar-refractivity contribution in [3.8, 4) is 0 Å². The van der Waals surface area contributed by atoms with E-state index in [1.807, 2.05) is 0 Å². The van der Waals surface area contributed by atoms with Gasteiger partial charge in [0.15, 0.2) is 0 Å². The quantitative estimate of drug-likeness (QED) is 0.547. The lowest BCUT2D eigenvalue weighted by Gasteiger charge is -2.32. The van der Waals surface area contributed by atoms with Gasteiger partial charge in [-0.2, -0.15) is 0 Å². The highest BCUT2D eigenvalue weighted by molar-refractivity contribution is 7.92. The monoisotopic (exact) mass is 517 g/mol. The molecule has 0 spiro atoms. The first-order chi connectivity index (χ1) is 15.3. The van der Waals surface area contributed by atoms with E-state index < -0.39 is 40.2 Å². The Balaban J connectivity index is 2.41. The van der Waals surface area contributed by atoms with Gasteiger partial charge in [-0.1, -0.05) is 35.3 Å². The van der Waals surface area contributed by atoms with E-state index in [2.05, 4.69) is 5.32 Å². The summed E-state index contributed by atoms with van der Waals surface area (Å²) in [6.07, 6.45) is 0.949. The summed E-state index contributed by atoms with van der Waals surface area (Å²) in [7, 11) is -3.92. The van der Waals surface area contributed by atoms with E-state index >= 15 is 0 Å². The first kappa shape index (κ1) is 26.9. The van der Waals surface area contributed by atoms with Gasteiger partial charge in [0, 0.05) is 17.6 Å². The lowest BCUT2D eigenvalue weighted by molar-refractivity contribution is -0.139. The summed E-state index contributed by atoms with van der Waals surface area (Å²) in [6.45, 7) is 4.48. The lowest BCUT2D eigenvalue weighted by Crippen LogP contribution is -2.52. The van der Waals surface area contributed by atoms with Crippen LogP contribution in [-0.2, 0) is 26.2 Å². The molecule has 33 heavy (non-hydrogen) atoms. The first-order valence-corrected chi connectivity index (χ1v) is 12.7. The van der Waals surface area contributed by atoms with Crippen LogP contribution in [0.5, 0.6) is 0 Å². The zero-order chi connectivity index (χ0) is 24.9. The Morgan fingerprint density at radius 2 is 1.67 bits per heavy atom. The van der Waals surface area contributed by atoms with Crippen LogP contribution >= 0.6 is 23.2 Å². The van der Waals surface area contributed by atoms with Crippen molar-refractivity contribution in [3.63, 3.8) is 0 Å². The predicted molar refractivity (Wildman–Crippen MR) is 128 cm³/mol. The average molecular weight is 518 g/mol. The van der Waals surface area contributed by atoms with E-state index in [0.29, 0.717) is 10.6 Å². The van der Waals surface area contributed by atoms with Crippen molar-refractivity contribution in [1.82, 2.24) is 10.2 Å². The Morgan fingerprint density at radius 3 is 2.18 bits per heavy atom. The molecule has 0 bridgehead atoms. The minimum Gasteiger partial charge on any atom is -0.352 e. The van der Waals surface area contributed by atoms with Crippen LogP contribution < -0.4 is 9.62 Å². The summed E-state index contributed by atoms with van der Waals surface area (Å²) in [5.74, 6) is -1.49. The third-order valence-electron chi connectivity index (χ3n) is 4.72. The second kappa shape index (κ2) is 11.2. The van der Waals surface area contributed by atoms with Crippen LogP contribution in [0, 0.1) is 5.82 Å². The minimum atomic E-state index is -3.92. The molecule has 0 aromatic heterocycles. The largest absolute Gasteiger partial charge is 0.352 e. The molecule has 1 atom stereocenters. The molecule has 2 aromatic carbocycles. The van der Waals surface area contributed by atoms with Crippen LogP contribution in [0.3, 0.4) is 0 Å². The van der Waals surface area contributed by atoms with Gasteiger partial charge in [-0.25, -0.2) is 12.8 Å². The smallest absolute Gasteiger partial charge is 0.244 e. The molecule has 0 saturated carbocycles. The molecular formula is C22H26Cl2FN3O4S. The highest BCUT2D eigenvalue weighted by Gasteiger charge is 2.31. The number of halogens is 3. The highest BCUT2D eigenvalue weighted by atomic mass is 35.5. The number of nitrogens with zero attached hydrogens (tertiary/aromatic N) is 2. The van der Waals surface area contributed by atoms with E-state index in [-0.39, 0.29) is 23.3 Å². The van der Waals surface area contributed by atoms with Gasteiger partial charge in [-0.15, -0.1) is 0 Å². The van der Waals surface area contributed by atoms with Gasteiger partial charge in [0.05, 0.1) is 17.0 Å². The van der Waals surface area contributed by atoms with Crippen LogP contribution in [0.4, 0.5) is 10.1 Å². The van der Waals surface area contributed by atoms with Gasteiger partial charge < -0.3 is 10.2 Å². The van der Waals surface area contributed by atoms with Gasteiger partial charge in [0.25, 0.3) is 0 Å². The molecule has 0 unspecified atom stereocenters. The fraction of sp³-hybridized carbons (Fsp3) is 0.364. The van der Waals surface area contributed by atoms with E-state index in [4.69, 9.17) is 23.2 Å². The number of amides is 2. The second-order valence-electron chi connectivity index (χ2n) is 7.85. The summed E-state index contributed by atoms with van der Waals surface area (Å²) in [6, 6.07) is 8.62. The molecule has 2 rings (SSSR count). The molecule has 0 radical (unpaired) electrons. The standard InChI is InChI=1S/C22H26Cl2FN3O4S/c1-14(2)26-22(30)15(3)27(12-16-5-8-18(25)9-6-16)21(29)13-28(33(4,31)32)20-10-7-17(23)11-19(20)24/h5-11,14-15H,12-13H2,1-4H3,(H,26,30)/t15-/m0/s1. The number of hydrogen-bond acceptors (Lipinski definition) is 4. The Hall–Kier alpha value is -2.36. The van der Waals surface area contributed by atoms with E-state index in [1.54, 1.807) is 20.8 Å². The van der Waals surface area contributed by atoms with Crippen molar-refractivity contribution in [3.05, 3.63) is 63.9 Å². The molecule has 0 aliphatic rings. The van der Waals surface area contributed by atoms with Crippen LogP contribution in [0.2, 0.25) is 10.0 Å². The summed E-state index contributed by atoms with van der Waals surface area (Å²) in [5, 5.41) is 3.10. The molecule has 0 aliphatic heterocycles. The maximum atomic E-state index is 13.4. The van der Waals surface area contributed by atoms with Crippen molar-refractivity contribution in [2.45, 2.75) is 39.4 Å². The number of hydrogen-bond donors (Lipinski definition) is 1. The van der Waals surface area contributed by atoms with Gasteiger partial charge in [0.2, 0.25) is 21.8 Å². The average Bonchev–Trinajstić information content (AvgIpc) is 2.70. The van der Waals surface area contributed by atoms with Crippen LogP contribution in [0.25, 0.3) is 0 Å². The van der Waals surface area contributed by atoms with E-state index in [9.17, 15) is 22.4 Å². The van der Waals surface area contributed by atoms with E-state index in [0.717, 1.165) is 10.6 Å². The van der Waals surface area contributed by atoms with Crippen molar-refractivity contribution in [2.24, 2.45) is 0 Å². The Morgan fingerprint density at radius 1 is 1.06 bits per heavy atom. The predicted octanol–water partition coefficient (Wildman–Crippen LogP) is 3.84. The van der Waals surface area contributed by atoms with Gasteiger partial charge in [0.1, 0.15) is 18.4 Å². The molecule has 2 amide bonds. The Bertz CT molecular complexity index is 1110. The molecule has 0 aliphatic carbocycles. The third kappa shape index (κ3) is 7.58. The summed E-state index contributed by atoms with van der Waals surface area (Å²) < 4.78 is 39.2. The topological polar surface area (TPSA) is 86.8 Å². The van der Waals surface area contributed by atoms with E-state index in [1.165, 1.54) is 47.4 Å². The van der Waals surface area contributed by atoms with Crippen LogP contribution in [0.1, 0.15) is 26.3 Å². The zero-order valence-corrected chi connectivity index (χ0v) is 21.0. The molecule has 0 heterocycles. The van der Waals surface area contributed by atoms with Crippen molar-refractivity contribution in [2.75, 3.05) is 17.1 Å². The number of carbonyl (C=O) groups is 2. The number of carbonyl (C=O) groups excluding carboxylic acids is 2. The number of nitrogens with one attached hydrogen (secondary N) is 1. The zero-order valence-electron chi connectivity index (χ0n) is 18.7. The molecular weight excluding hydrogens is 492 g/mol. The second-order valence-corrected chi connectivity index (χ2v) is 10.6. The number of sulfonamides is 1. The molecule has 180 valence electrons. The molecule has 1 N–H and O–H groups in total. The fourth-order valence-corrected chi connectivity index (χ4v) is 4.47. The minimum absolute atomic E-state index is 0.0300. The maximum absolute atomic E-state index is 13.4. The third-order valence-corrected chi connectivity index (χ3v) is 6.39. The molecule has 11 heteroatoms. The molecule has 0 saturated heterocycles. The van der Waals surface area contributed by atoms with Crippen molar-refractivity contribution >= 4 is 50.7 Å². The van der Waals surface area contributed by atoms with Gasteiger partial charge in [-0.3, -0.25) is 13.9 Å². The SMILES string of the molecule is CC(C)NC(=O)[C@H](C)N(Cc1ccc(F)cc1)C(=O)CN(c1ccc(Cl)cc1Cl)S(C)(=O)=O. The Kier molecular flexibility index (Phi) is 9.11. The Labute approximate surface area is 203 Å². The van der Waals surface area contributed by atoms with Gasteiger partial charge in [-0.05, 0) is 56.7 Å². The van der Waals surface area contributed by atoms with Gasteiger partial charge >= 0.3 is 0 Å². The van der Waals surface area contributed by atoms with Crippen molar-refractivity contribution in [1.29, 1.82) is 0 Å². The number of rotatable bonds is 9. The lowest BCUT2D eigenvalue weighted by atomic mass is 10.1. The van der Waals surface area contributed by atoms with Crippen LogP contribution in [-0.4, -0.2) is 50.0 Å².